The summed E-state index contributed by atoms with van der Waals surface area (Å²) in [6.45, 7) is -0.0492. The first-order valence-corrected chi connectivity index (χ1v) is 14.6. The van der Waals surface area contributed by atoms with Crippen LogP contribution in [-0.2, 0) is 0 Å². The van der Waals surface area contributed by atoms with Gasteiger partial charge in [-0.1, -0.05) is 97.1 Å². The van der Waals surface area contributed by atoms with Gasteiger partial charge in [-0.25, -0.2) is 0 Å². The maximum atomic E-state index is 6.85. The van der Waals surface area contributed by atoms with Crippen molar-refractivity contribution in [1.29, 1.82) is 0 Å². The van der Waals surface area contributed by atoms with Crippen LogP contribution in [0, 0.1) is 0 Å². The highest BCUT2D eigenvalue weighted by atomic mass is 16.5. The van der Waals surface area contributed by atoms with E-state index in [2.05, 4.69) is 138 Å². The van der Waals surface area contributed by atoms with E-state index in [1.807, 2.05) is 12.3 Å². The molecule has 0 spiro atoms. The molecule has 2 aliphatic rings. The zero-order chi connectivity index (χ0) is 28.3. The number of hydrogen-bond acceptors (Lipinski definition) is 3. The number of benzene rings is 6. The summed E-state index contributed by atoms with van der Waals surface area (Å²) in [6.07, 6.45) is 1.83. The molecule has 1 aromatic heterocycles. The smallest absolute Gasteiger partial charge is 0.260 e. The van der Waals surface area contributed by atoms with E-state index in [-0.39, 0.29) is 6.71 Å². The van der Waals surface area contributed by atoms with Crippen molar-refractivity contribution in [3.63, 3.8) is 0 Å². The van der Waals surface area contributed by atoms with Crippen molar-refractivity contribution >= 4 is 34.0 Å². The molecule has 200 valence electrons. The molecule has 43 heavy (non-hydrogen) atoms. The van der Waals surface area contributed by atoms with Crippen LogP contribution in [0.25, 0.3) is 44.3 Å². The maximum absolute atomic E-state index is 6.85. The Morgan fingerprint density at radius 2 is 1.09 bits per heavy atom. The molecule has 0 amide bonds. The zero-order valence-electron chi connectivity index (χ0n) is 23.2. The van der Waals surface area contributed by atoms with E-state index in [9.17, 15) is 0 Å². The highest BCUT2D eigenvalue weighted by Crippen LogP contribution is 2.42. The quantitative estimate of drug-likeness (QED) is 0.210. The molecule has 6 aromatic carbocycles. The van der Waals surface area contributed by atoms with Crippen LogP contribution in [0.15, 0.2) is 146 Å². The van der Waals surface area contributed by atoms with E-state index >= 15 is 0 Å². The highest BCUT2D eigenvalue weighted by molar-refractivity contribution is 6.98. The molecule has 7 aromatic rings. The molecule has 2 aliphatic heterocycles. The molecule has 0 atom stereocenters. The molecule has 0 saturated carbocycles. The van der Waals surface area contributed by atoms with Gasteiger partial charge in [-0.2, -0.15) is 0 Å². The summed E-state index contributed by atoms with van der Waals surface area (Å²) in [6, 6.07) is 48.9. The lowest BCUT2D eigenvalue weighted by atomic mass is 9.34. The number of fused-ring (bicyclic) bond motifs is 5. The fourth-order valence-electron chi connectivity index (χ4n) is 6.59. The summed E-state index contributed by atoms with van der Waals surface area (Å²) >= 11 is 0. The van der Waals surface area contributed by atoms with Crippen molar-refractivity contribution < 1.29 is 9.47 Å². The molecule has 0 radical (unpaired) electrons. The summed E-state index contributed by atoms with van der Waals surface area (Å²) in [5.74, 6) is 3.44. The van der Waals surface area contributed by atoms with Crippen LogP contribution in [0.3, 0.4) is 0 Å². The topological polar surface area (TPSA) is 31.4 Å². The number of rotatable bonds is 3. The second kappa shape index (κ2) is 9.47. The van der Waals surface area contributed by atoms with Crippen molar-refractivity contribution in [2.24, 2.45) is 0 Å². The second-order valence-corrected chi connectivity index (χ2v) is 11.1. The second-order valence-electron chi connectivity index (χ2n) is 11.1. The van der Waals surface area contributed by atoms with Crippen LogP contribution < -0.4 is 25.9 Å². The molecule has 0 aliphatic carbocycles. The van der Waals surface area contributed by atoms with Gasteiger partial charge in [-0.3, -0.25) is 4.98 Å². The molecule has 0 fully saturated rings. The molecule has 0 unspecified atom stereocenters. The van der Waals surface area contributed by atoms with Crippen molar-refractivity contribution in [1.82, 2.24) is 4.98 Å². The van der Waals surface area contributed by atoms with E-state index in [1.165, 1.54) is 22.3 Å². The third kappa shape index (κ3) is 3.88. The Labute approximate surface area is 250 Å². The van der Waals surface area contributed by atoms with Crippen molar-refractivity contribution in [2.75, 3.05) is 0 Å². The van der Waals surface area contributed by atoms with Crippen LogP contribution in [0.5, 0.6) is 23.0 Å². The van der Waals surface area contributed by atoms with Crippen molar-refractivity contribution in [3.8, 4) is 56.4 Å². The third-order valence-corrected chi connectivity index (χ3v) is 8.65. The highest BCUT2D eigenvalue weighted by Gasteiger charge is 2.41. The number of pyridine rings is 1. The SMILES string of the molecule is c1ccc(-c2ccc3c(c2)B2c4cc(-c5ccccc5)ccc4Oc4c(-c5ccc6ncccc6c5)ccc(c42)O3)cc1. The van der Waals surface area contributed by atoms with Crippen molar-refractivity contribution in [2.45, 2.75) is 0 Å². The Bertz CT molecular complexity index is 2140. The van der Waals surface area contributed by atoms with Gasteiger partial charge in [0.15, 0.2) is 0 Å². The van der Waals surface area contributed by atoms with Gasteiger partial charge >= 0.3 is 0 Å². The van der Waals surface area contributed by atoms with Crippen LogP contribution in [0.2, 0.25) is 0 Å². The van der Waals surface area contributed by atoms with Crippen LogP contribution in [0.4, 0.5) is 0 Å². The predicted molar refractivity (Wildman–Crippen MR) is 176 cm³/mol. The number of hydrogen-bond donors (Lipinski definition) is 0. The van der Waals surface area contributed by atoms with E-state index in [1.54, 1.807) is 0 Å². The lowest BCUT2D eigenvalue weighted by molar-refractivity contribution is 0.465. The molecule has 0 saturated heterocycles. The minimum absolute atomic E-state index is 0.0492. The Morgan fingerprint density at radius 3 is 1.79 bits per heavy atom. The molecule has 3 nitrogen and oxygen atoms in total. The zero-order valence-corrected chi connectivity index (χ0v) is 23.2. The molecule has 9 rings (SSSR count). The molecule has 0 N–H and O–H groups in total. The van der Waals surface area contributed by atoms with Gasteiger partial charge in [0.25, 0.3) is 6.71 Å². The van der Waals surface area contributed by atoms with E-state index < -0.39 is 0 Å². The van der Waals surface area contributed by atoms with Crippen LogP contribution >= 0.6 is 0 Å². The fourth-order valence-corrected chi connectivity index (χ4v) is 6.59. The molecular weight excluding hydrogens is 525 g/mol. The van der Waals surface area contributed by atoms with Gasteiger partial charge in [0, 0.05) is 22.6 Å². The largest absolute Gasteiger partial charge is 0.458 e. The number of ether oxygens (including phenoxy) is 2. The Kier molecular flexibility index (Phi) is 5.29. The van der Waals surface area contributed by atoms with Crippen molar-refractivity contribution in [3.05, 3.63) is 146 Å². The van der Waals surface area contributed by atoms with Gasteiger partial charge in [-0.15, -0.1) is 0 Å². The lowest BCUT2D eigenvalue weighted by Crippen LogP contribution is -2.57. The minimum Gasteiger partial charge on any atom is -0.458 e. The normalized spacial score (nSPS) is 12.5. The number of nitrogens with zero attached hydrogens (tertiary/aromatic N) is 1. The monoisotopic (exact) mass is 549 g/mol. The van der Waals surface area contributed by atoms with E-state index in [4.69, 9.17) is 9.47 Å². The van der Waals surface area contributed by atoms with E-state index in [0.29, 0.717) is 0 Å². The summed E-state index contributed by atoms with van der Waals surface area (Å²) in [5, 5.41) is 1.10. The maximum Gasteiger partial charge on any atom is 0.260 e. The standard InChI is InChI=1S/C39H24BNO2/c1-3-8-25(9-4-1)27-14-18-35-32(23-27)40-33-24-28(26-10-5-2-6-11-26)15-19-36(33)43-39-31(16-20-37(42-35)38(39)40)29-13-17-34-30(22-29)12-7-21-41-34/h1-24H. The summed E-state index contributed by atoms with van der Waals surface area (Å²) in [5.41, 5.74) is 11.1. The molecular formula is C39H24BNO2. The molecule has 3 heterocycles. The first kappa shape index (κ1) is 24.0. The van der Waals surface area contributed by atoms with E-state index in [0.717, 1.165) is 61.4 Å². The van der Waals surface area contributed by atoms with Gasteiger partial charge in [0.1, 0.15) is 23.0 Å². The van der Waals surface area contributed by atoms with Gasteiger partial charge in [0.05, 0.1) is 5.52 Å². The minimum atomic E-state index is -0.0492. The third-order valence-electron chi connectivity index (χ3n) is 8.65. The van der Waals surface area contributed by atoms with Crippen LogP contribution in [0.1, 0.15) is 0 Å². The van der Waals surface area contributed by atoms with Gasteiger partial charge in [0.2, 0.25) is 0 Å². The first-order valence-electron chi connectivity index (χ1n) is 14.6. The number of aromatic nitrogens is 1. The summed E-state index contributed by atoms with van der Waals surface area (Å²) < 4.78 is 13.5. The van der Waals surface area contributed by atoms with Crippen LogP contribution in [-0.4, -0.2) is 11.7 Å². The average molecular weight is 549 g/mol. The average Bonchev–Trinajstić information content (AvgIpc) is 3.08. The Hall–Kier alpha value is -5.61. The fraction of sp³-hybridized carbons (Fsp3) is 0. The van der Waals surface area contributed by atoms with Gasteiger partial charge in [-0.05, 0) is 81.2 Å². The molecule has 0 bridgehead atoms. The summed E-state index contributed by atoms with van der Waals surface area (Å²) in [4.78, 5) is 4.52. The Balaban J connectivity index is 1.29. The molecule has 4 heteroatoms. The van der Waals surface area contributed by atoms with Gasteiger partial charge < -0.3 is 9.47 Å². The predicted octanol–water partition coefficient (Wildman–Crippen LogP) is 7.96. The Morgan fingerprint density at radius 1 is 0.465 bits per heavy atom. The first-order chi connectivity index (χ1) is 21.3. The lowest BCUT2D eigenvalue weighted by Gasteiger charge is -2.34. The summed E-state index contributed by atoms with van der Waals surface area (Å²) in [7, 11) is 0.